The second-order valence-corrected chi connectivity index (χ2v) is 14.8. The van der Waals surface area contributed by atoms with Crippen LogP contribution in [0.4, 0.5) is 8.78 Å². The molecule has 3 saturated heterocycles. The summed E-state index contributed by atoms with van der Waals surface area (Å²) in [6.07, 6.45) is 4.29. The van der Waals surface area contributed by atoms with Crippen molar-refractivity contribution in [3.05, 3.63) is 63.1 Å². The number of aryl methyl sites for hydroxylation is 2. The van der Waals surface area contributed by atoms with E-state index in [2.05, 4.69) is 21.4 Å². The molecule has 6 aliphatic rings. The average molecular weight is 679 g/mol. The van der Waals surface area contributed by atoms with Gasteiger partial charge in [0.1, 0.15) is 5.52 Å². The zero-order valence-corrected chi connectivity index (χ0v) is 27.4. The molecule has 10 rings (SSSR count). The van der Waals surface area contributed by atoms with Crippen LogP contribution in [-0.2, 0) is 11.2 Å². The molecule has 4 bridgehead atoms. The molecule has 4 atom stereocenters. The topological polar surface area (TPSA) is 105 Å². The highest BCUT2D eigenvalue weighted by Gasteiger charge is 2.61. The molecule has 4 aromatic rings. The molecule has 11 heteroatoms. The number of halogens is 4. The molecule has 3 N–H and O–H groups in total. The summed E-state index contributed by atoms with van der Waals surface area (Å²) in [4.78, 5) is 23.0. The minimum Gasteiger partial charge on any atom is -0.393 e. The first-order valence-corrected chi connectivity index (χ1v) is 17.2. The molecule has 6 fully saturated rings. The number of nitriles is 1. The smallest absolute Gasteiger partial charge is 0.261 e. The maximum atomic E-state index is 16.5. The summed E-state index contributed by atoms with van der Waals surface area (Å²) in [5.41, 5.74) is 1.46. The molecule has 0 radical (unpaired) electrons. The first kappa shape index (κ1) is 31.0. The Bertz CT molecular complexity index is 1970. The van der Waals surface area contributed by atoms with Crippen LogP contribution in [0, 0.1) is 35.9 Å². The minimum absolute atomic E-state index is 0.136. The SMILES string of the molecule is C1NC2CC1C2.Cc1nc2c(F)c(-c3cccc(Cl)c3Cl)c(CCC#N)cc2c2[nH]c(C3C4CC(CC4O)N3C(=O)C3(F)CC3)cc12. The number of rotatable bonds is 5. The van der Waals surface area contributed by atoms with Crippen molar-refractivity contribution in [2.45, 2.75) is 88.2 Å². The highest BCUT2D eigenvalue weighted by molar-refractivity contribution is 6.43. The zero-order chi connectivity index (χ0) is 32.8. The van der Waals surface area contributed by atoms with Gasteiger partial charge in [-0.15, -0.1) is 0 Å². The van der Waals surface area contributed by atoms with Crippen LogP contribution < -0.4 is 5.32 Å². The lowest BCUT2D eigenvalue weighted by atomic mass is 9.87. The van der Waals surface area contributed by atoms with Gasteiger partial charge in [-0.25, -0.2) is 13.8 Å². The van der Waals surface area contributed by atoms with Crippen LogP contribution in [0.3, 0.4) is 0 Å². The van der Waals surface area contributed by atoms with Crippen LogP contribution in [-0.4, -0.2) is 56.3 Å². The van der Waals surface area contributed by atoms with Crippen LogP contribution in [0.1, 0.15) is 67.9 Å². The lowest BCUT2D eigenvalue weighted by Crippen LogP contribution is -2.47. The van der Waals surface area contributed by atoms with Crippen LogP contribution in [0.15, 0.2) is 30.3 Å². The number of amides is 1. The molecule has 2 aromatic heterocycles. The number of piperidine rings is 1. The van der Waals surface area contributed by atoms with E-state index < -0.39 is 29.5 Å². The summed E-state index contributed by atoms with van der Waals surface area (Å²) in [5.74, 6) is -0.220. The van der Waals surface area contributed by atoms with Crippen molar-refractivity contribution in [1.29, 1.82) is 5.26 Å². The van der Waals surface area contributed by atoms with Crippen molar-refractivity contribution in [3.63, 3.8) is 0 Å². The predicted octanol–water partition coefficient (Wildman–Crippen LogP) is 7.49. The van der Waals surface area contributed by atoms with E-state index in [-0.39, 0.29) is 58.8 Å². The Kier molecular flexibility index (Phi) is 7.53. The van der Waals surface area contributed by atoms with Gasteiger partial charge >= 0.3 is 0 Å². The summed E-state index contributed by atoms with van der Waals surface area (Å²) in [7, 11) is 0. The van der Waals surface area contributed by atoms with Crippen molar-refractivity contribution in [2.24, 2.45) is 11.8 Å². The number of carbonyl (C=O) groups excluding carboxylic acids is 1. The minimum atomic E-state index is -1.82. The Hall–Kier alpha value is -3.29. The number of benzene rings is 2. The summed E-state index contributed by atoms with van der Waals surface area (Å²) in [6.45, 7) is 3.10. The molecular formula is C36H35Cl2F2N5O2. The Labute approximate surface area is 281 Å². The van der Waals surface area contributed by atoms with Gasteiger partial charge in [0.15, 0.2) is 11.5 Å². The number of fused-ring (bicyclic) bond motifs is 6. The fraction of sp³-hybridized carbons (Fsp3) is 0.472. The molecule has 47 heavy (non-hydrogen) atoms. The van der Waals surface area contributed by atoms with Gasteiger partial charge < -0.3 is 20.3 Å². The number of aliphatic hydroxyl groups excluding tert-OH is 1. The van der Waals surface area contributed by atoms with E-state index in [4.69, 9.17) is 23.2 Å². The van der Waals surface area contributed by atoms with Crippen LogP contribution in [0.2, 0.25) is 10.0 Å². The number of nitrogens with one attached hydrogen (secondary N) is 2. The average Bonchev–Trinajstić information content (AvgIpc) is 3.64. The lowest BCUT2D eigenvalue weighted by molar-refractivity contribution is -0.144. The molecule has 7 nitrogen and oxygen atoms in total. The number of aliphatic hydroxyl groups is 1. The van der Waals surface area contributed by atoms with Crippen molar-refractivity contribution >= 4 is 50.9 Å². The molecule has 1 amide bonds. The highest BCUT2D eigenvalue weighted by Crippen LogP contribution is 2.54. The summed E-state index contributed by atoms with van der Waals surface area (Å²) < 4.78 is 31.5. The third-order valence-corrected chi connectivity index (χ3v) is 11.9. The summed E-state index contributed by atoms with van der Waals surface area (Å²) in [5, 5.41) is 25.2. The maximum absolute atomic E-state index is 16.5. The quantitative estimate of drug-likeness (QED) is 0.203. The Balaban J connectivity index is 0.000000480. The standard InChI is InChI=1S/C31H26Cl2F2N4O2.C5H9N/c1-14-18-13-22(29-19-11-16(12-23(19)40)39(29)30(41)31(35)7-8-31)38-27(18)20-10-15(4-3-9-36)24(26(34)28(20)37-14)17-5-2-6-21(32)25(17)33;1-4-2-5(1)6-3-4/h2,5-6,10,13,16,19,23,29,38,40H,3-4,7-8,11-12H2,1H3;4-6H,1-3H2. The van der Waals surface area contributed by atoms with Crippen molar-refractivity contribution in [3.8, 4) is 17.2 Å². The molecular weight excluding hydrogens is 643 g/mol. The monoisotopic (exact) mass is 677 g/mol. The number of aromatic nitrogens is 2. The van der Waals surface area contributed by atoms with Crippen LogP contribution >= 0.6 is 23.2 Å². The normalized spacial score (nSPS) is 27.9. The second kappa shape index (κ2) is 11.4. The number of likely N-dealkylation sites (tertiary alicyclic amines) is 1. The molecule has 5 heterocycles. The van der Waals surface area contributed by atoms with Crippen molar-refractivity contribution < 1.29 is 18.7 Å². The number of aromatic amines is 1. The Morgan fingerprint density at radius 2 is 1.98 bits per heavy atom. The number of hydrogen-bond donors (Lipinski definition) is 3. The summed E-state index contributed by atoms with van der Waals surface area (Å²) >= 11 is 12.8. The van der Waals surface area contributed by atoms with Gasteiger partial charge in [0.2, 0.25) is 0 Å². The molecule has 4 unspecified atom stereocenters. The van der Waals surface area contributed by atoms with Crippen LogP contribution in [0.5, 0.6) is 0 Å². The second-order valence-electron chi connectivity index (χ2n) is 14.0. The van der Waals surface area contributed by atoms with E-state index in [0.717, 1.165) is 17.3 Å². The van der Waals surface area contributed by atoms with Gasteiger partial charge in [-0.05, 0) is 88.1 Å². The highest BCUT2D eigenvalue weighted by atomic mass is 35.5. The van der Waals surface area contributed by atoms with E-state index in [1.165, 1.54) is 19.4 Å². The number of H-pyrrole nitrogens is 1. The largest absolute Gasteiger partial charge is 0.393 e. The first-order chi connectivity index (χ1) is 22.6. The third kappa shape index (κ3) is 5.02. The van der Waals surface area contributed by atoms with Gasteiger partial charge in [-0.3, -0.25) is 4.79 Å². The Morgan fingerprint density at radius 3 is 2.64 bits per heavy atom. The number of carbonyl (C=O) groups is 1. The molecule has 244 valence electrons. The molecule has 2 aromatic carbocycles. The van der Waals surface area contributed by atoms with E-state index in [9.17, 15) is 19.6 Å². The molecule has 3 aliphatic carbocycles. The van der Waals surface area contributed by atoms with Gasteiger partial charge in [0.05, 0.1) is 33.8 Å². The molecule has 3 aliphatic heterocycles. The predicted molar refractivity (Wildman–Crippen MR) is 177 cm³/mol. The first-order valence-electron chi connectivity index (χ1n) is 16.5. The maximum Gasteiger partial charge on any atom is 0.261 e. The van der Waals surface area contributed by atoms with Crippen molar-refractivity contribution in [1.82, 2.24) is 20.2 Å². The van der Waals surface area contributed by atoms with E-state index in [1.807, 2.05) is 12.1 Å². The Morgan fingerprint density at radius 1 is 1.19 bits per heavy atom. The number of nitrogens with zero attached hydrogens (tertiary/aromatic N) is 3. The van der Waals surface area contributed by atoms with Crippen molar-refractivity contribution in [2.75, 3.05) is 6.54 Å². The number of alkyl halides is 1. The fourth-order valence-electron chi connectivity index (χ4n) is 8.38. The lowest BCUT2D eigenvalue weighted by Gasteiger charge is -2.38. The van der Waals surface area contributed by atoms with Gasteiger partial charge in [0, 0.05) is 57.7 Å². The van der Waals surface area contributed by atoms with Gasteiger partial charge in [-0.2, -0.15) is 5.26 Å². The van der Waals surface area contributed by atoms with E-state index in [1.54, 1.807) is 30.0 Å². The van der Waals surface area contributed by atoms with E-state index >= 15 is 4.39 Å². The number of hydrogen-bond acceptors (Lipinski definition) is 5. The van der Waals surface area contributed by atoms with Crippen LogP contribution in [0.25, 0.3) is 32.9 Å². The van der Waals surface area contributed by atoms with Gasteiger partial charge in [-0.1, -0.05) is 35.3 Å². The molecule has 3 saturated carbocycles. The molecule has 0 spiro atoms. The summed E-state index contributed by atoms with van der Waals surface area (Å²) in [6, 6.07) is 11.1. The number of pyridine rings is 1. The van der Waals surface area contributed by atoms with E-state index in [0.29, 0.717) is 46.3 Å². The van der Waals surface area contributed by atoms with Gasteiger partial charge in [0.25, 0.3) is 5.91 Å². The fourth-order valence-corrected chi connectivity index (χ4v) is 8.77. The third-order valence-electron chi connectivity index (χ3n) is 11.0. The zero-order valence-electron chi connectivity index (χ0n) is 25.9.